The molecule has 0 spiro atoms. The third-order valence-electron chi connectivity index (χ3n) is 5.04. The fourth-order valence-electron chi connectivity index (χ4n) is 3.51. The van der Waals surface area contributed by atoms with Gasteiger partial charge in [-0.3, -0.25) is 4.79 Å². The number of carbonyl (C=O) groups excluding carboxylic acids is 2. The number of aromatic nitrogens is 2. The second-order valence-corrected chi connectivity index (χ2v) is 7.47. The first-order valence-corrected chi connectivity index (χ1v) is 10.6. The van der Waals surface area contributed by atoms with E-state index in [0.29, 0.717) is 33.9 Å². The number of ether oxygens (including phenoxy) is 1. The van der Waals surface area contributed by atoms with E-state index in [0.717, 1.165) is 0 Å². The van der Waals surface area contributed by atoms with Crippen molar-refractivity contribution in [1.29, 1.82) is 0 Å². The molecule has 172 valence electrons. The van der Waals surface area contributed by atoms with Gasteiger partial charge in [0, 0.05) is 18.1 Å². The number of nitrogens with one attached hydrogen (secondary N) is 1. The zero-order valence-corrected chi connectivity index (χ0v) is 18.5. The molecule has 1 N–H and O–H groups in total. The number of anilines is 1. The number of esters is 1. The number of carbonyl (C=O) groups is 2. The van der Waals surface area contributed by atoms with Crippen LogP contribution in [0.2, 0.25) is 0 Å². The molecule has 1 amide bonds. The molecular weight excluding hydrogens is 440 g/mol. The van der Waals surface area contributed by atoms with Crippen LogP contribution in [-0.4, -0.2) is 28.3 Å². The van der Waals surface area contributed by atoms with E-state index in [2.05, 4.69) is 10.4 Å². The summed E-state index contributed by atoms with van der Waals surface area (Å²) in [6.07, 6.45) is 0. The number of halogens is 2. The van der Waals surface area contributed by atoms with Crippen LogP contribution in [0.3, 0.4) is 0 Å². The third-order valence-corrected chi connectivity index (χ3v) is 5.04. The second kappa shape index (κ2) is 9.66. The van der Waals surface area contributed by atoms with Gasteiger partial charge in [-0.05, 0) is 73.7 Å². The van der Waals surface area contributed by atoms with Crippen LogP contribution in [0.4, 0.5) is 14.5 Å². The standard InChI is InChI=1S/C26H21F2N3O3/c1-3-34-26(33)22-14-18(6-13-23(22)29-16(2)32)24-15-25(17-4-7-19(27)8-5-17)31(30-24)21-11-9-20(28)10-12-21/h4-15H,3H2,1-2H3,(H,29,32). The molecule has 8 heteroatoms. The van der Waals surface area contributed by atoms with Gasteiger partial charge in [-0.1, -0.05) is 6.07 Å². The van der Waals surface area contributed by atoms with Crippen LogP contribution in [0, 0.1) is 11.6 Å². The van der Waals surface area contributed by atoms with Crippen molar-refractivity contribution < 1.29 is 23.1 Å². The minimum atomic E-state index is -0.579. The molecule has 0 bridgehead atoms. The molecule has 3 aromatic carbocycles. The van der Waals surface area contributed by atoms with Crippen molar-refractivity contribution >= 4 is 17.6 Å². The highest BCUT2D eigenvalue weighted by atomic mass is 19.1. The summed E-state index contributed by atoms with van der Waals surface area (Å²) >= 11 is 0. The Hall–Kier alpha value is -4.33. The Bertz CT molecular complexity index is 1280. The highest BCUT2D eigenvalue weighted by Crippen LogP contribution is 2.31. The summed E-state index contributed by atoms with van der Waals surface area (Å²) in [5, 5.41) is 7.31. The molecule has 0 aliphatic rings. The van der Waals surface area contributed by atoms with Gasteiger partial charge in [0.25, 0.3) is 0 Å². The molecule has 6 nitrogen and oxygen atoms in total. The minimum absolute atomic E-state index is 0.177. The lowest BCUT2D eigenvalue weighted by Crippen LogP contribution is -2.13. The van der Waals surface area contributed by atoms with Crippen LogP contribution in [-0.2, 0) is 9.53 Å². The molecule has 0 unspecified atom stereocenters. The SMILES string of the molecule is CCOC(=O)c1cc(-c2cc(-c3ccc(F)cc3)n(-c3ccc(F)cc3)n2)ccc1NC(C)=O. The predicted octanol–water partition coefficient (Wildman–Crippen LogP) is 5.62. The normalized spacial score (nSPS) is 10.7. The van der Waals surface area contributed by atoms with E-state index in [1.165, 1.54) is 31.2 Å². The van der Waals surface area contributed by atoms with Gasteiger partial charge in [0.2, 0.25) is 5.91 Å². The lowest BCUT2D eigenvalue weighted by molar-refractivity contribution is -0.114. The fraction of sp³-hybridized carbons (Fsp3) is 0.115. The van der Waals surface area contributed by atoms with E-state index in [1.807, 2.05) is 0 Å². The first-order chi connectivity index (χ1) is 16.4. The Labute approximate surface area is 194 Å². The van der Waals surface area contributed by atoms with Gasteiger partial charge in [-0.25, -0.2) is 18.3 Å². The van der Waals surface area contributed by atoms with Gasteiger partial charge < -0.3 is 10.1 Å². The number of hydrogen-bond donors (Lipinski definition) is 1. The van der Waals surface area contributed by atoms with Crippen LogP contribution < -0.4 is 5.32 Å². The topological polar surface area (TPSA) is 73.2 Å². The van der Waals surface area contributed by atoms with E-state index < -0.39 is 5.97 Å². The van der Waals surface area contributed by atoms with Gasteiger partial charge in [-0.2, -0.15) is 5.10 Å². The van der Waals surface area contributed by atoms with Crippen molar-refractivity contribution in [2.45, 2.75) is 13.8 Å². The Morgan fingerprint density at radius 1 is 0.912 bits per heavy atom. The summed E-state index contributed by atoms with van der Waals surface area (Å²) in [6, 6.07) is 18.5. The lowest BCUT2D eigenvalue weighted by Gasteiger charge is -2.10. The maximum Gasteiger partial charge on any atom is 0.340 e. The summed E-state index contributed by atoms with van der Waals surface area (Å²) in [4.78, 5) is 24.1. The van der Waals surface area contributed by atoms with Crippen LogP contribution in [0.5, 0.6) is 0 Å². The summed E-state index contributed by atoms with van der Waals surface area (Å²) in [7, 11) is 0. The van der Waals surface area contributed by atoms with Crippen molar-refractivity contribution in [3.63, 3.8) is 0 Å². The number of amides is 1. The maximum atomic E-state index is 13.5. The zero-order valence-electron chi connectivity index (χ0n) is 18.5. The number of rotatable bonds is 6. The van der Waals surface area contributed by atoms with Crippen molar-refractivity contribution in [3.8, 4) is 28.2 Å². The molecule has 0 saturated heterocycles. The Morgan fingerprint density at radius 2 is 1.53 bits per heavy atom. The Balaban J connectivity index is 1.86. The molecule has 0 radical (unpaired) electrons. The summed E-state index contributed by atoms with van der Waals surface area (Å²) in [5.74, 6) is -1.65. The van der Waals surface area contributed by atoms with E-state index in [1.54, 1.807) is 60.1 Å². The van der Waals surface area contributed by atoms with Crippen LogP contribution in [0.1, 0.15) is 24.2 Å². The Kier molecular flexibility index (Phi) is 6.49. The lowest BCUT2D eigenvalue weighted by atomic mass is 10.0. The molecule has 4 aromatic rings. The van der Waals surface area contributed by atoms with Crippen LogP contribution >= 0.6 is 0 Å². The van der Waals surface area contributed by atoms with E-state index in [-0.39, 0.29) is 29.7 Å². The largest absolute Gasteiger partial charge is 0.462 e. The van der Waals surface area contributed by atoms with Crippen LogP contribution in [0.15, 0.2) is 72.8 Å². The molecule has 0 fully saturated rings. The second-order valence-electron chi connectivity index (χ2n) is 7.47. The molecule has 4 rings (SSSR count). The van der Waals surface area contributed by atoms with Crippen molar-refractivity contribution in [3.05, 3.63) is 90.0 Å². The molecule has 0 aliphatic carbocycles. The van der Waals surface area contributed by atoms with Crippen molar-refractivity contribution in [1.82, 2.24) is 9.78 Å². The van der Waals surface area contributed by atoms with Gasteiger partial charge in [-0.15, -0.1) is 0 Å². The fourth-order valence-corrected chi connectivity index (χ4v) is 3.51. The average Bonchev–Trinajstić information content (AvgIpc) is 3.25. The molecule has 1 heterocycles. The van der Waals surface area contributed by atoms with Crippen molar-refractivity contribution in [2.24, 2.45) is 0 Å². The smallest absolute Gasteiger partial charge is 0.340 e. The summed E-state index contributed by atoms with van der Waals surface area (Å²) in [6.45, 7) is 3.22. The van der Waals surface area contributed by atoms with Crippen LogP contribution in [0.25, 0.3) is 28.2 Å². The number of benzene rings is 3. The predicted molar refractivity (Wildman–Crippen MR) is 125 cm³/mol. The number of hydrogen-bond acceptors (Lipinski definition) is 4. The van der Waals surface area contributed by atoms with E-state index >= 15 is 0 Å². The first kappa shape index (κ1) is 22.8. The van der Waals surface area contributed by atoms with E-state index in [9.17, 15) is 18.4 Å². The van der Waals surface area contributed by atoms with Gasteiger partial charge >= 0.3 is 5.97 Å². The van der Waals surface area contributed by atoms with Gasteiger partial charge in [0.1, 0.15) is 11.6 Å². The monoisotopic (exact) mass is 461 g/mol. The molecular formula is C26H21F2N3O3. The highest BCUT2D eigenvalue weighted by molar-refractivity contribution is 6.01. The molecule has 0 aliphatic heterocycles. The molecule has 0 atom stereocenters. The molecule has 1 aromatic heterocycles. The molecule has 34 heavy (non-hydrogen) atoms. The Morgan fingerprint density at radius 3 is 2.15 bits per heavy atom. The van der Waals surface area contributed by atoms with Crippen molar-refractivity contribution in [2.75, 3.05) is 11.9 Å². The summed E-state index contributed by atoms with van der Waals surface area (Å²) < 4.78 is 33.8. The third kappa shape index (κ3) is 4.85. The summed E-state index contributed by atoms with van der Waals surface area (Å²) in [5.41, 5.74) is 3.58. The maximum absolute atomic E-state index is 13.5. The molecule has 0 saturated carbocycles. The van der Waals surface area contributed by atoms with Gasteiger partial charge in [0.05, 0.1) is 34.9 Å². The average molecular weight is 461 g/mol. The quantitative estimate of drug-likeness (QED) is 0.378. The highest BCUT2D eigenvalue weighted by Gasteiger charge is 2.18. The minimum Gasteiger partial charge on any atom is -0.462 e. The first-order valence-electron chi connectivity index (χ1n) is 10.6. The zero-order chi connectivity index (χ0) is 24.2. The number of nitrogens with zero attached hydrogens (tertiary/aromatic N) is 2. The van der Waals surface area contributed by atoms with Gasteiger partial charge in [0.15, 0.2) is 0 Å². The van der Waals surface area contributed by atoms with E-state index in [4.69, 9.17) is 4.74 Å².